The average Bonchev–Trinajstić information content (AvgIpc) is 2.39. The van der Waals surface area contributed by atoms with Crippen molar-refractivity contribution in [2.24, 2.45) is 0 Å². The second-order valence-electron chi connectivity index (χ2n) is 4.05. The van der Waals surface area contributed by atoms with E-state index in [9.17, 15) is 28.5 Å². The summed E-state index contributed by atoms with van der Waals surface area (Å²) in [6, 6.07) is 0.781. The van der Waals surface area contributed by atoms with Crippen LogP contribution in [0.2, 0.25) is 0 Å². The lowest BCUT2D eigenvalue weighted by atomic mass is 10.1. The van der Waals surface area contributed by atoms with Crippen LogP contribution >= 0.6 is 0 Å². The summed E-state index contributed by atoms with van der Waals surface area (Å²) in [5, 5.41) is 21.2. The molecule has 1 rings (SSSR count). The highest BCUT2D eigenvalue weighted by Gasteiger charge is 2.21. The number of carbonyl (C=O) groups excluding carboxylic acids is 1. The van der Waals surface area contributed by atoms with E-state index in [0.717, 1.165) is 0 Å². The zero-order chi connectivity index (χ0) is 16.3. The van der Waals surface area contributed by atoms with Gasteiger partial charge in [0.05, 0.1) is 10.6 Å². The zero-order valence-corrected chi connectivity index (χ0v) is 10.9. The van der Waals surface area contributed by atoms with Crippen molar-refractivity contribution in [2.45, 2.75) is 13.8 Å². The Morgan fingerprint density at radius 2 is 1.76 bits per heavy atom. The molecular formula is C12H10F2N2O5. The van der Waals surface area contributed by atoms with Gasteiger partial charge in [-0.3, -0.25) is 14.9 Å². The van der Waals surface area contributed by atoms with Crippen molar-refractivity contribution >= 4 is 23.3 Å². The molecule has 0 bridgehead atoms. The number of hydrogen-bond acceptors (Lipinski definition) is 4. The molecule has 1 aromatic carbocycles. The highest BCUT2D eigenvalue weighted by Crippen LogP contribution is 2.25. The number of amides is 1. The lowest BCUT2D eigenvalue weighted by molar-refractivity contribution is -0.387. The summed E-state index contributed by atoms with van der Waals surface area (Å²) >= 11 is 0. The fourth-order valence-electron chi connectivity index (χ4n) is 1.32. The highest BCUT2D eigenvalue weighted by molar-refractivity contribution is 6.08. The van der Waals surface area contributed by atoms with Crippen LogP contribution in [0.25, 0.3) is 0 Å². The average molecular weight is 300 g/mol. The molecule has 0 saturated heterocycles. The molecule has 0 aliphatic carbocycles. The van der Waals surface area contributed by atoms with Crippen molar-refractivity contribution in [2.75, 3.05) is 5.32 Å². The second-order valence-corrected chi connectivity index (χ2v) is 4.05. The maximum atomic E-state index is 13.5. The predicted molar refractivity (Wildman–Crippen MR) is 67.7 cm³/mol. The van der Waals surface area contributed by atoms with Crippen molar-refractivity contribution in [1.29, 1.82) is 0 Å². The largest absolute Gasteiger partial charge is 0.478 e. The van der Waals surface area contributed by atoms with Gasteiger partial charge in [0.15, 0.2) is 0 Å². The minimum Gasteiger partial charge on any atom is -0.478 e. The van der Waals surface area contributed by atoms with Gasteiger partial charge in [0, 0.05) is 23.3 Å². The number of nitrogens with zero attached hydrogens (tertiary/aromatic N) is 1. The molecule has 1 amide bonds. The van der Waals surface area contributed by atoms with Gasteiger partial charge in [0.2, 0.25) is 5.82 Å². The summed E-state index contributed by atoms with van der Waals surface area (Å²) in [5.41, 5.74) is -2.12. The molecule has 0 spiro atoms. The van der Waals surface area contributed by atoms with Gasteiger partial charge >= 0.3 is 11.7 Å². The first kappa shape index (κ1) is 16.2. The summed E-state index contributed by atoms with van der Waals surface area (Å²) in [5.74, 6) is -4.90. The van der Waals surface area contributed by atoms with Gasteiger partial charge in [-0.25, -0.2) is 9.18 Å². The first-order chi connectivity index (χ1) is 9.65. The van der Waals surface area contributed by atoms with Crippen LogP contribution in [0.3, 0.4) is 0 Å². The van der Waals surface area contributed by atoms with Crippen molar-refractivity contribution in [3.05, 3.63) is 45.0 Å². The Labute approximate surface area is 117 Å². The standard InChI is InChI=1S/C12H10F2N2O5/c1-5(6(2)12(18)19)11(17)15-9-4-10(16(20)21)8(14)3-7(9)13/h3-4H,1-2H3,(H,15,17)(H,18,19). The van der Waals surface area contributed by atoms with E-state index in [-0.39, 0.29) is 17.2 Å². The molecule has 0 saturated carbocycles. The molecule has 1 aromatic rings. The van der Waals surface area contributed by atoms with Gasteiger partial charge in [-0.05, 0) is 13.8 Å². The summed E-state index contributed by atoms with van der Waals surface area (Å²) in [6.45, 7) is 2.36. The number of nitrogens with one attached hydrogen (secondary N) is 1. The van der Waals surface area contributed by atoms with Crippen LogP contribution in [-0.4, -0.2) is 21.9 Å². The van der Waals surface area contributed by atoms with Gasteiger partial charge in [0.25, 0.3) is 5.91 Å². The molecule has 0 radical (unpaired) electrons. The van der Waals surface area contributed by atoms with E-state index in [1.165, 1.54) is 13.8 Å². The van der Waals surface area contributed by atoms with Gasteiger partial charge < -0.3 is 10.4 Å². The minimum atomic E-state index is -1.38. The van der Waals surface area contributed by atoms with Gasteiger partial charge in [-0.15, -0.1) is 0 Å². The Bertz CT molecular complexity index is 670. The number of hydrogen-bond donors (Lipinski definition) is 2. The normalized spacial score (nSPS) is 11.6. The van der Waals surface area contributed by atoms with Gasteiger partial charge in [-0.1, -0.05) is 0 Å². The van der Waals surface area contributed by atoms with Gasteiger partial charge in [0.1, 0.15) is 5.82 Å². The van der Waals surface area contributed by atoms with E-state index in [4.69, 9.17) is 5.11 Å². The van der Waals surface area contributed by atoms with Crippen LogP contribution in [0.4, 0.5) is 20.2 Å². The molecule has 0 unspecified atom stereocenters. The summed E-state index contributed by atoms with van der Waals surface area (Å²) in [6.07, 6.45) is 0. The molecule has 2 N–H and O–H groups in total. The number of carboxylic acids is 1. The van der Waals surface area contributed by atoms with Gasteiger partial charge in [-0.2, -0.15) is 4.39 Å². The molecule has 0 aliphatic heterocycles. The number of nitro benzene ring substituents is 1. The molecule has 0 atom stereocenters. The quantitative estimate of drug-likeness (QED) is 0.503. The SMILES string of the molecule is CC(C(=O)O)=C(C)C(=O)Nc1cc([N+](=O)[O-])c(F)cc1F. The van der Waals surface area contributed by atoms with Crippen molar-refractivity contribution < 1.29 is 28.4 Å². The number of rotatable bonds is 4. The van der Waals surface area contributed by atoms with Crippen molar-refractivity contribution in [3.63, 3.8) is 0 Å². The number of nitro groups is 1. The monoisotopic (exact) mass is 300 g/mol. The second kappa shape index (κ2) is 6.07. The molecule has 0 heterocycles. The van der Waals surface area contributed by atoms with E-state index < -0.39 is 39.8 Å². The molecule has 0 aliphatic rings. The lowest BCUT2D eigenvalue weighted by Gasteiger charge is -2.08. The van der Waals surface area contributed by atoms with Crippen LogP contribution in [0, 0.1) is 21.7 Å². The fourth-order valence-corrected chi connectivity index (χ4v) is 1.32. The minimum absolute atomic E-state index is 0.214. The maximum absolute atomic E-state index is 13.5. The van der Waals surface area contributed by atoms with Crippen molar-refractivity contribution in [1.82, 2.24) is 0 Å². The molecule has 0 fully saturated rings. The third-order valence-electron chi connectivity index (χ3n) is 2.71. The smallest absolute Gasteiger partial charge is 0.331 e. The van der Waals surface area contributed by atoms with Crippen LogP contribution in [0.5, 0.6) is 0 Å². The number of aliphatic carboxylic acids is 1. The van der Waals surface area contributed by atoms with E-state index in [1.807, 2.05) is 5.32 Å². The van der Waals surface area contributed by atoms with E-state index >= 15 is 0 Å². The van der Waals surface area contributed by atoms with E-state index in [2.05, 4.69) is 0 Å². The van der Waals surface area contributed by atoms with Crippen LogP contribution in [0.1, 0.15) is 13.8 Å². The molecule has 21 heavy (non-hydrogen) atoms. The lowest BCUT2D eigenvalue weighted by Crippen LogP contribution is -2.17. The number of halogens is 2. The Balaban J connectivity index is 3.17. The molecular weight excluding hydrogens is 290 g/mol. The number of anilines is 1. The summed E-state index contributed by atoms with van der Waals surface area (Å²) in [7, 11) is 0. The number of carboxylic acid groups (broad SMARTS) is 1. The predicted octanol–water partition coefficient (Wildman–Crippen LogP) is 2.23. The molecule has 112 valence electrons. The van der Waals surface area contributed by atoms with Crippen LogP contribution in [-0.2, 0) is 9.59 Å². The summed E-state index contributed by atoms with van der Waals surface area (Å²) < 4.78 is 26.6. The van der Waals surface area contributed by atoms with Crippen LogP contribution in [0.15, 0.2) is 23.3 Å². The highest BCUT2D eigenvalue weighted by atomic mass is 19.1. The zero-order valence-electron chi connectivity index (χ0n) is 10.9. The first-order valence-electron chi connectivity index (χ1n) is 5.50. The molecule has 7 nitrogen and oxygen atoms in total. The van der Waals surface area contributed by atoms with E-state index in [1.54, 1.807) is 0 Å². The Morgan fingerprint density at radius 1 is 1.19 bits per heavy atom. The van der Waals surface area contributed by atoms with Crippen molar-refractivity contribution in [3.8, 4) is 0 Å². The third kappa shape index (κ3) is 3.59. The van der Waals surface area contributed by atoms with Crippen LogP contribution < -0.4 is 5.32 Å². The first-order valence-corrected chi connectivity index (χ1v) is 5.50. The summed E-state index contributed by atoms with van der Waals surface area (Å²) in [4.78, 5) is 31.9. The Kier molecular flexibility index (Phi) is 4.69. The number of carbonyl (C=O) groups is 2. The fraction of sp³-hybridized carbons (Fsp3) is 0.167. The Hall–Kier alpha value is -2.84. The Morgan fingerprint density at radius 3 is 2.24 bits per heavy atom. The van der Waals surface area contributed by atoms with E-state index in [0.29, 0.717) is 6.07 Å². The molecule has 9 heteroatoms. The third-order valence-corrected chi connectivity index (χ3v) is 2.71. The topological polar surface area (TPSA) is 110 Å². The number of benzene rings is 1. The maximum Gasteiger partial charge on any atom is 0.331 e. The molecule has 0 aromatic heterocycles.